The number of benzene rings is 2. The average molecular weight is 374 g/mol. The van der Waals surface area contributed by atoms with Crippen molar-refractivity contribution in [3.8, 4) is 5.88 Å². The normalized spacial score (nSPS) is 14.2. The molecule has 3 aromatic rings. The lowest BCUT2D eigenvalue weighted by Crippen LogP contribution is -2.11. The molecule has 1 aliphatic carbocycles. The summed E-state index contributed by atoms with van der Waals surface area (Å²) in [5.74, 6) is -0.683. The van der Waals surface area contributed by atoms with Crippen molar-refractivity contribution in [3.63, 3.8) is 0 Å². The van der Waals surface area contributed by atoms with E-state index in [2.05, 4.69) is 10.3 Å². The molecule has 2 aromatic carbocycles. The van der Waals surface area contributed by atoms with E-state index in [1.165, 1.54) is 6.08 Å². The van der Waals surface area contributed by atoms with E-state index in [0.29, 0.717) is 16.0 Å². The van der Waals surface area contributed by atoms with Crippen LogP contribution < -0.4 is 5.32 Å². The van der Waals surface area contributed by atoms with Gasteiger partial charge < -0.3 is 5.11 Å². The quantitative estimate of drug-likeness (QED) is 0.672. The van der Waals surface area contributed by atoms with Crippen molar-refractivity contribution in [2.45, 2.75) is 0 Å². The van der Waals surface area contributed by atoms with Gasteiger partial charge >= 0.3 is 0 Å². The van der Waals surface area contributed by atoms with Crippen LogP contribution in [0.3, 0.4) is 0 Å². The first-order valence-corrected chi connectivity index (χ1v) is 9.03. The van der Waals surface area contributed by atoms with Crippen LogP contribution in [-0.2, 0) is 4.79 Å². The molecule has 1 amide bonds. The predicted octanol–water partition coefficient (Wildman–Crippen LogP) is 4.24. The number of amides is 1. The fourth-order valence-electron chi connectivity index (χ4n) is 2.79. The number of allylic oxidation sites excluding steroid dienone is 2. The highest BCUT2D eigenvalue weighted by Crippen LogP contribution is 2.34. The van der Waals surface area contributed by atoms with Crippen LogP contribution in [0.4, 0.5) is 5.13 Å². The van der Waals surface area contributed by atoms with Crippen molar-refractivity contribution in [3.05, 3.63) is 82.2 Å². The minimum Gasteiger partial charge on any atom is -0.492 e. The number of rotatable bonds is 3. The highest BCUT2D eigenvalue weighted by atomic mass is 32.1. The number of hydrogen-bond acceptors (Lipinski definition) is 5. The first-order valence-electron chi connectivity index (χ1n) is 8.21. The summed E-state index contributed by atoms with van der Waals surface area (Å²) in [4.78, 5) is 29.0. The molecule has 1 heterocycles. The van der Waals surface area contributed by atoms with E-state index in [4.69, 9.17) is 0 Å². The van der Waals surface area contributed by atoms with E-state index in [0.717, 1.165) is 22.5 Å². The van der Waals surface area contributed by atoms with E-state index in [1.54, 1.807) is 36.4 Å². The van der Waals surface area contributed by atoms with Gasteiger partial charge in [0.25, 0.3) is 5.91 Å². The number of aromatic hydroxyl groups is 1. The molecule has 5 nitrogen and oxygen atoms in total. The summed E-state index contributed by atoms with van der Waals surface area (Å²) in [7, 11) is 0. The van der Waals surface area contributed by atoms with Gasteiger partial charge in [0.05, 0.1) is 4.88 Å². The van der Waals surface area contributed by atoms with Crippen LogP contribution in [0.25, 0.3) is 17.7 Å². The van der Waals surface area contributed by atoms with Crippen LogP contribution >= 0.6 is 11.3 Å². The number of nitrogens with one attached hydrogen (secondary N) is 1. The molecule has 1 aromatic heterocycles. The summed E-state index contributed by atoms with van der Waals surface area (Å²) in [6, 6.07) is 16.3. The topological polar surface area (TPSA) is 79.3 Å². The molecule has 0 bridgehead atoms. The number of nitrogens with zero attached hydrogens (tertiary/aromatic N) is 1. The van der Waals surface area contributed by atoms with Gasteiger partial charge in [-0.3, -0.25) is 14.9 Å². The standard InChI is InChI=1S/C21H14N2O3S/c24-17-11-10-13-6-4-5-9-15(13)16(17)12-18-20(26)23-21(27-18)22-19(25)14-7-2-1-3-8-14/h1-12,26H,(H,22,23,25)/b16-12+. The number of carbonyl (C=O) groups excluding carboxylic acids is 2. The number of anilines is 1. The van der Waals surface area contributed by atoms with Gasteiger partial charge in [-0.1, -0.05) is 59.9 Å². The van der Waals surface area contributed by atoms with Gasteiger partial charge in [0, 0.05) is 11.1 Å². The Morgan fingerprint density at radius 2 is 1.78 bits per heavy atom. The second-order valence-electron chi connectivity index (χ2n) is 5.87. The van der Waals surface area contributed by atoms with Crippen LogP contribution in [0.1, 0.15) is 26.4 Å². The van der Waals surface area contributed by atoms with Gasteiger partial charge in [0.15, 0.2) is 10.9 Å². The lowest BCUT2D eigenvalue weighted by atomic mass is 9.91. The van der Waals surface area contributed by atoms with E-state index in [9.17, 15) is 14.7 Å². The van der Waals surface area contributed by atoms with Crippen LogP contribution in [0.15, 0.2) is 60.7 Å². The van der Waals surface area contributed by atoms with E-state index >= 15 is 0 Å². The summed E-state index contributed by atoms with van der Waals surface area (Å²) in [5.41, 5.74) is 2.71. The number of carbonyl (C=O) groups is 2. The third kappa shape index (κ3) is 3.43. The van der Waals surface area contributed by atoms with E-state index in [1.807, 2.05) is 30.3 Å². The summed E-state index contributed by atoms with van der Waals surface area (Å²) < 4.78 is 0. The lowest BCUT2D eigenvalue weighted by Gasteiger charge is -2.12. The molecule has 1 aliphatic rings. The van der Waals surface area contributed by atoms with Crippen molar-refractivity contribution in [1.29, 1.82) is 0 Å². The zero-order valence-corrected chi connectivity index (χ0v) is 14.9. The maximum absolute atomic E-state index is 12.3. The van der Waals surface area contributed by atoms with Crippen molar-refractivity contribution in [2.75, 3.05) is 5.32 Å². The summed E-state index contributed by atoms with van der Waals surface area (Å²) in [5, 5.41) is 13.1. The molecule has 0 aliphatic heterocycles. The van der Waals surface area contributed by atoms with Gasteiger partial charge in [0.1, 0.15) is 0 Å². The van der Waals surface area contributed by atoms with Gasteiger partial charge in [-0.15, -0.1) is 0 Å². The highest BCUT2D eigenvalue weighted by Gasteiger charge is 2.19. The molecule has 4 rings (SSSR count). The maximum atomic E-state index is 12.3. The second kappa shape index (κ2) is 7.01. The molecular formula is C21H14N2O3S. The van der Waals surface area contributed by atoms with Crippen molar-refractivity contribution < 1.29 is 14.7 Å². The van der Waals surface area contributed by atoms with Crippen molar-refractivity contribution in [2.24, 2.45) is 0 Å². The Labute approximate surface area is 159 Å². The third-order valence-electron chi connectivity index (χ3n) is 4.10. The fraction of sp³-hybridized carbons (Fsp3) is 0. The molecular weight excluding hydrogens is 360 g/mol. The van der Waals surface area contributed by atoms with Gasteiger partial charge in [-0.2, -0.15) is 4.98 Å². The zero-order valence-electron chi connectivity index (χ0n) is 14.0. The summed E-state index contributed by atoms with van der Waals surface area (Å²) >= 11 is 1.11. The first kappa shape index (κ1) is 16.9. The Morgan fingerprint density at radius 3 is 2.59 bits per heavy atom. The lowest BCUT2D eigenvalue weighted by molar-refractivity contribution is -0.109. The molecule has 132 valence electrons. The van der Waals surface area contributed by atoms with Crippen LogP contribution in [-0.4, -0.2) is 21.8 Å². The SMILES string of the molecule is O=C1C=Cc2ccccc2/C1=C\c1sc(NC(=O)c2ccccc2)nc1O. The van der Waals surface area contributed by atoms with Gasteiger partial charge in [-0.05, 0) is 35.4 Å². The minimum atomic E-state index is -0.314. The molecule has 0 saturated heterocycles. The molecule has 0 fully saturated rings. The van der Waals surface area contributed by atoms with Crippen molar-refractivity contribution >= 4 is 45.9 Å². The predicted molar refractivity (Wildman–Crippen MR) is 107 cm³/mol. The Bertz CT molecular complexity index is 1100. The Balaban J connectivity index is 1.64. The second-order valence-corrected chi connectivity index (χ2v) is 6.90. The molecule has 2 N–H and O–H groups in total. The summed E-state index contributed by atoms with van der Waals surface area (Å²) in [6.45, 7) is 0. The average Bonchev–Trinajstić information content (AvgIpc) is 3.03. The number of fused-ring (bicyclic) bond motifs is 1. The van der Waals surface area contributed by atoms with Gasteiger partial charge in [-0.25, -0.2) is 0 Å². The van der Waals surface area contributed by atoms with Crippen molar-refractivity contribution in [1.82, 2.24) is 4.98 Å². The highest BCUT2D eigenvalue weighted by molar-refractivity contribution is 7.17. The monoisotopic (exact) mass is 374 g/mol. The Kier molecular flexibility index (Phi) is 4.40. The Hall–Kier alpha value is -3.51. The van der Waals surface area contributed by atoms with E-state index in [-0.39, 0.29) is 22.7 Å². The van der Waals surface area contributed by atoms with E-state index < -0.39 is 0 Å². The first-order chi connectivity index (χ1) is 13.1. The number of ketones is 1. The Morgan fingerprint density at radius 1 is 1.04 bits per heavy atom. The zero-order chi connectivity index (χ0) is 18.8. The number of thiazole rings is 1. The van der Waals surface area contributed by atoms with Crippen LogP contribution in [0.2, 0.25) is 0 Å². The molecule has 6 heteroatoms. The molecule has 0 unspecified atom stereocenters. The molecule has 0 radical (unpaired) electrons. The largest absolute Gasteiger partial charge is 0.492 e. The number of aromatic nitrogens is 1. The number of hydrogen-bond donors (Lipinski definition) is 2. The van der Waals surface area contributed by atoms with Gasteiger partial charge in [0.2, 0.25) is 5.88 Å². The van der Waals surface area contributed by atoms with Crippen LogP contribution in [0.5, 0.6) is 5.88 Å². The third-order valence-corrected chi connectivity index (χ3v) is 5.00. The molecule has 0 saturated carbocycles. The molecule has 0 atom stereocenters. The molecule has 0 spiro atoms. The summed E-state index contributed by atoms with van der Waals surface area (Å²) in [6.07, 6.45) is 4.88. The minimum absolute atomic E-state index is 0.142. The molecule has 27 heavy (non-hydrogen) atoms. The maximum Gasteiger partial charge on any atom is 0.257 e. The smallest absolute Gasteiger partial charge is 0.257 e. The van der Waals surface area contributed by atoms with Crippen LogP contribution in [0, 0.1) is 0 Å². The fourth-order valence-corrected chi connectivity index (χ4v) is 3.58.